The number of fused-ring (bicyclic) bond motifs is 6. The van der Waals surface area contributed by atoms with E-state index < -0.39 is 0 Å². The highest BCUT2D eigenvalue weighted by molar-refractivity contribution is 5.55. The fourth-order valence-corrected chi connectivity index (χ4v) is 4.62. The first-order valence-electron chi connectivity index (χ1n) is 10.2. The first-order valence-corrected chi connectivity index (χ1v) is 10.2. The molecule has 0 fully saturated rings. The van der Waals surface area contributed by atoms with E-state index in [4.69, 9.17) is 14.2 Å². The van der Waals surface area contributed by atoms with Gasteiger partial charge in [-0.3, -0.25) is 0 Å². The Morgan fingerprint density at radius 3 is 2.78 bits per heavy atom. The van der Waals surface area contributed by atoms with Gasteiger partial charge in [-0.2, -0.15) is 0 Å². The lowest BCUT2D eigenvalue weighted by molar-refractivity contribution is 0.139. The summed E-state index contributed by atoms with van der Waals surface area (Å²) >= 11 is 0. The second-order valence-corrected chi connectivity index (χ2v) is 7.97. The van der Waals surface area contributed by atoms with E-state index in [1.165, 1.54) is 31.2 Å². The van der Waals surface area contributed by atoms with Crippen LogP contribution in [-0.4, -0.2) is 17.8 Å². The summed E-state index contributed by atoms with van der Waals surface area (Å²) in [5, 5.41) is 9.83. The number of benzene rings is 2. The van der Waals surface area contributed by atoms with Gasteiger partial charge in [-0.25, -0.2) is 0 Å². The van der Waals surface area contributed by atoms with Crippen molar-refractivity contribution in [3.63, 3.8) is 0 Å². The number of phenols is 1. The Morgan fingerprint density at radius 1 is 0.963 bits per heavy atom. The average Bonchev–Trinajstić information content (AvgIpc) is 3.23. The number of phenolic OH excluding ortho intramolecular Hbond substituents is 1. The molecule has 0 amide bonds. The topological polar surface area (TPSA) is 47.9 Å². The lowest BCUT2D eigenvalue weighted by Crippen LogP contribution is -2.23. The molecule has 3 aliphatic heterocycles. The van der Waals surface area contributed by atoms with Crippen LogP contribution < -0.4 is 14.2 Å². The third-order valence-electron chi connectivity index (χ3n) is 6.05. The number of aromatic hydroxyl groups is 1. The third kappa shape index (κ3) is 2.91. The molecule has 0 unspecified atom stereocenters. The van der Waals surface area contributed by atoms with Crippen LogP contribution in [-0.2, 0) is 6.42 Å². The molecule has 4 nitrogen and oxygen atoms in total. The minimum atomic E-state index is -0.0422. The molecule has 2 aromatic rings. The van der Waals surface area contributed by atoms with Gasteiger partial charge in [0.25, 0.3) is 0 Å². The zero-order chi connectivity index (χ0) is 18.4. The second kappa shape index (κ2) is 6.66. The third-order valence-corrected chi connectivity index (χ3v) is 6.05. The summed E-state index contributed by atoms with van der Waals surface area (Å²) in [6, 6.07) is 9.61. The van der Waals surface area contributed by atoms with Crippen LogP contribution in [0.2, 0.25) is 0 Å². The van der Waals surface area contributed by atoms with Gasteiger partial charge in [0, 0.05) is 23.6 Å². The molecule has 0 spiro atoms. The fourth-order valence-electron chi connectivity index (χ4n) is 4.62. The first kappa shape index (κ1) is 16.8. The van der Waals surface area contributed by atoms with E-state index in [0.717, 1.165) is 41.2 Å². The summed E-state index contributed by atoms with van der Waals surface area (Å²) in [5.41, 5.74) is 3.41. The summed E-state index contributed by atoms with van der Waals surface area (Å²) < 4.78 is 18.5. The average molecular weight is 366 g/mol. The van der Waals surface area contributed by atoms with E-state index in [9.17, 15) is 5.11 Å². The second-order valence-electron chi connectivity index (χ2n) is 7.97. The maximum atomic E-state index is 9.83. The Kier molecular flexibility index (Phi) is 4.14. The van der Waals surface area contributed by atoms with Crippen LogP contribution in [0.5, 0.6) is 23.0 Å². The lowest BCUT2D eigenvalue weighted by Gasteiger charge is -2.28. The molecule has 27 heavy (non-hydrogen) atoms. The number of unbranched alkanes of at least 4 members (excludes halogenated alkanes) is 3. The van der Waals surface area contributed by atoms with E-state index in [1.807, 2.05) is 6.07 Å². The highest BCUT2D eigenvalue weighted by Gasteiger charge is 2.42. The smallest absolute Gasteiger partial charge is 0.138 e. The summed E-state index contributed by atoms with van der Waals surface area (Å²) in [5.74, 6) is 3.10. The van der Waals surface area contributed by atoms with Crippen molar-refractivity contribution in [2.45, 2.75) is 63.6 Å². The summed E-state index contributed by atoms with van der Waals surface area (Å²) in [6.07, 6.45) is 7.42. The zero-order valence-electron chi connectivity index (χ0n) is 15.7. The van der Waals surface area contributed by atoms with Gasteiger partial charge < -0.3 is 19.3 Å². The Balaban J connectivity index is 1.36. The number of rotatable bonds is 5. The molecule has 3 heterocycles. The van der Waals surface area contributed by atoms with Gasteiger partial charge in [0.1, 0.15) is 35.2 Å². The maximum Gasteiger partial charge on any atom is 0.138 e. The van der Waals surface area contributed by atoms with Crippen molar-refractivity contribution in [3.05, 3.63) is 47.0 Å². The molecule has 0 aromatic heterocycles. The zero-order valence-corrected chi connectivity index (χ0v) is 15.7. The van der Waals surface area contributed by atoms with Crippen molar-refractivity contribution >= 4 is 0 Å². The largest absolute Gasteiger partial charge is 0.508 e. The minimum absolute atomic E-state index is 0.0422. The molecule has 3 atom stereocenters. The van der Waals surface area contributed by atoms with Crippen LogP contribution >= 0.6 is 0 Å². The van der Waals surface area contributed by atoms with Gasteiger partial charge in [0.05, 0.1) is 12.5 Å². The number of hydrogen-bond donors (Lipinski definition) is 1. The molecule has 2 aromatic carbocycles. The Morgan fingerprint density at radius 2 is 1.89 bits per heavy atom. The summed E-state index contributed by atoms with van der Waals surface area (Å²) in [4.78, 5) is 0. The SMILES string of the molecule is CCCCCC[C@@H]1Cc2cc3c(cc2O1)OC[C@H]1c2cc(O)ccc2O[C@@H]31. The minimum Gasteiger partial charge on any atom is -0.508 e. The quantitative estimate of drug-likeness (QED) is 0.732. The highest BCUT2D eigenvalue weighted by atomic mass is 16.5. The molecule has 4 heteroatoms. The van der Waals surface area contributed by atoms with Crippen LogP contribution in [0.3, 0.4) is 0 Å². The molecule has 142 valence electrons. The van der Waals surface area contributed by atoms with Gasteiger partial charge >= 0.3 is 0 Å². The molecule has 0 bridgehead atoms. The van der Waals surface area contributed by atoms with Crippen LogP contribution in [0.15, 0.2) is 30.3 Å². The molecule has 0 saturated heterocycles. The normalized spacial score (nSPS) is 24.1. The Bertz CT molecular complexity index is 860. The van der Waals surface area contributed by atoms with Crippen molar-refractivity contribution < 1.29 is 19.3 Å². The monoisotopic (exact) mass is 366 g/mol. The van der Waals surface area contributed by atoms with Gasteiger partial charge in [-0.1, -0.05) is 26.2 Å². The molecule has 0 aliphatic carbocycles. The Hall–Kier alpha value is -2.36. The highest BCUT2D eigenvalue weighted by Crippen LogP contribution is 2.53. The Labute approximate surface area is 160 Å². The van der Waals surface area contributed by atoms with Crippen LogP contribution in [0, 0.1) is 0 Å². The molecule has 3 aliphatic rings. The molecule has 1 N–H and O–H groups in total. The van der Waals surface area contributed by atoms with Gasteiger partial charge in [0.2, 0.25) is 0 Å². The van der Waals surface area contributed by atoms with Gasteiger partial charge in [-0.15, -0.1) is 0 Å². The van der Waals surface area contributed by atoms with E-state index in [1.54, 1.807) is 12.1 Å². The van der Waals surface area contributed by atoms with Crippen molar-refractivity contribution in [3.8, 4) is 23.0 Å². The van der Waals surface area contributed by atoms with Crippen molar-refractivity contribution in [2.24, 2.45) is 0 Å². The summed E-state index contributed by atoms with van der Waals surface area (Å²) in [7, 11) is 0. The molecular weight excluding hydrogens is 340 g/mol. The number of hydrogen-bond acceptors (Lipinski definition) is 4. The van der Waals surface area contributed by atoms with Crippen molar-refractivity contribution in [1.82, 2.24) is 0 Å². The van der Waals surface area contributed by atoms with Gasteiger partial charge in [0.15, 0.2) is 0 Å². The van der Waals surface area contributed by atoms with Gasteiger partial charge in [-0.05, 0) is 42.7 Å². The summed E-state index contributed by atoms with van der Waals surface area (Å²) in [6.45, 7) is 2.80. The predicted molar refractivity (Wildman–Crippen MR) is 103 cm³/mol. The van der Waals surface area contributed by atoms with Crippen molar-refractivity contribution in [1.29, 1.82) is 0 Å². The first-order chi connectivity index (χ1) is 13.2. The molecule has 0 saturated carbocycles. The molecular formula is C23H26O4. The van der Waals surface area contributed by atoms with E-state index in [0.29, 0.717) is 6.61 Å². The lowest BCUT2D eigenvalue weighted by atomic mass is 9.88. The molecule has 5 rings (SSSR count). The van der Waals surface area contributed by atoms with Crippen LogP contribution in [0.4, 0.5) is 0 Å². The van der Waals surface area contributed by atoms with Crippen molar-refractivity contribution in [2.75, 3.05) is 6.61 Å². The fraction of sp³-hybridized carbons (Fsp3) is 0.478. The van der Waals surface area contributed by atoms with Crippen LogP contribution in [0.25, 0.3) is 0 Å². The maximum absolute atomic E-state index is 9.83. The van der Waals surface area contributed by atoms with E-state index >= 15 is 0 Å². The standard InChI is InChI=1S/C23H26O4/c1-2-3-4-5-6-16-9-14-10-18-22(12-21(14)26-16)25-13-19-17-11-15(24)7-8-20(17)27-23(18)19/h7-8,10-12,16,19,23-24H,2-6,9,13H2,1H3/t16-,19+,23+/m1/s1. The number of ether oxygens (including phenoxy) is 3. The van der Waals surface area contributed by atoms with E-state index in [2.05, 4.69) is 19.1 Å². The van der Waals surface area contributed by atoms with E-state index in [-0.39, 0.29) is 23.9 Å². The van der Waals surface area contributed by atoms with Crippen LogP contribution in [0.1, 0.15) is 67.7 Å². The predicted octanol–water partition coefficient (Wildman–Crippen LogP) is 5.28. The molecule has 0 radical (unpaired) electrons.